The van der Waals surface area contributed by atoms with Crippen molar-refractivity contribution >= 4 is 11.0 Å². The lowest BCUT2D eigenvalue weighted by atomic mass is 10.1. The third-order valence-electron chi connectivity index (χ3n) is 4.42. The monoisotopic (exact) mass is 396 g/mol. The van der Waals surface area contributed by atoms with Crippen molar-refractivity contribution in [2.75, 3.05) is 0 Å². The van der Waals surface area contributed by atoms with Crippen molar-refractivity contribution in [3.63, 3.8) is 0 Å². The summed E-state index contributed by atoms with van der Waals surface area (Å²) in [4.78, 5) is 4.20. The van der Waals surface area contributed by atoms with E-state index in [0.717, 1.165) is 5.39 Å². The summed E-state index contributed by atoms with van der Waals surface area (Å²) in [6.45, 7) is 0. The second-order valence-electron chi connectivity index (χ2n) is 6.31. The minimum absolute atomic E-state index is 0.0901. The first-order chi connectivity index (χ1) is 14.0. The quantitative estimate of drug-likeness (QED) is 0.352. The van der Waals surface area contributed by atoms with Crippen LogP contribution in [0.5, 0.6) is 0 Å². The Kier molecular flexibility index (Phi) is 3.80. The van der Waals surface area contributed by atoms with E-state index < -0.39 is 11.9 Å². The number of hydrogen-bond acceptors (Lipinski definition) is 5. The molecule has 0 saturated heterocycles. The van der Waals surface area contributed by atoms with E-state index in [-0.39, 0.29) is 23.0 Å². The molecular weight excluding hydrogens is 385 g/mol. The molecule has 0 atom stereocenters. The van der Waals surface area contributed by atoms with Crippen LogP contribution >= 0.6 is 0 Å². The van der Waals surface area contributed by atoms with Gasteiger partial charge in [-0.05, 0) is 35.9 Å². The second kappa shape index (κ2) is 6.37. The van der Waals surface area contributed by atoms with Gasteiger partial charge >= 0.3 is 6.18 Å². The Morgan fingerprint density at radius 3 is 2.48 bits per heavy atom. The number of alkyl halides is 3. The summed E-state index contributed by atoms with van der Waals surface area (Å²) in [6.07, 6.45) is -3.11. The van der Waals surface area contributed by atoms with Crippen LogP contribution < -0.4 is 0 Å². The summed E-state index contributed by atoms with van der Waals surface area (Å²) in [6, 6.07) is 16.5. The highest BCUT2D eigenvalue weighted by atomic mass is 19.4. The van der Waals surface area contributed by atoms with Crippen LogP contribution in [0.25, 0.3) is 45.1 Å². The van der Waals surface area contributed by atoms with Gasteiger partial charge in [-0.1, -0.05) is 35.5 Å². The van der Waals surface area contributed by atoms with Gasteiger partial charge in [0, 0.05) is 16.5 Å². The predicted molar refractivity (Wildman–Crippen MR) is 97.6 cm³/mol. The highest BCUT2D eigenvalue weighted by Gasteiger charge is 2.39. The zero-order valence-electron chi connectivity index (χ0n) is 14.6. The number of fused-ring (bicyclic) bond motifs is 1. The third kappa shape index (κ3) is 3.08. The Hall–Kier alpha value is -3.81. The van der Waals surface area contributed by atoms with Crippen LogP contribution in [0.1, 0.15) is 5.76 Å². The lowest BCUT2D eigenvalue weighted by Crippen LogP contribution is -2.04. The molecule has 2 aromatic carbocycles. The highest BCUT2D eigenvalue weighted by molar-refractivity contribution is 5.82. The average molecular weight is 396 g/mol. The number of furan rings is 2. The van der Waals surface area contributed by atoms with Gasteiger partial charge in [-0.3, -0.25) is 0 Å². The van der Waals surface area contributed by atoms with Gasteiger partial charge in [0.25, 0.3) is 5.89 Å². The van der Waals surface area contributed by atoms with E-state index in [1.165, 1.54) is 6.07 Å². The first-order valence-electron chi connectivity index (χ1n) is 8.57. The first-order valence-corrected chi connectivity index (χ1v) is 8.57. The molecule has 5 nitrogen and oxygen atoms in total. The normalized spacial score (nSPS) is 12.0. The maximum absolute atomic E-state index is 13.5. The molecule has 0 saturated carbocycles. The molecule has 144 valence electrons. The van der Waals surface area contributed by atoms with Gasteiger partial charge in [-0.25, -0.2) is 0 Å². The Bertz CT molecular complexity index is 1300. The van der Waals surface area contributed by atoms with Crippen LogP contribution in [0.15, 0.2) is 80.3 Å². The minimum Gasteiger partial charge on any atom is -0.464 e. The van der Waals surface area contributed by atoms with Crippen LogP contribution in [0.3, 0.4) is 0 Å². The van der Waals surface area contributed by atoms with E-state index in [1.54, 1.807) is 60.9 Å². The molecule has 8 heteroatoms. The van der Waals surface area contributed by atoms with E-state index in [4.69, 9.17) is 13.4 Å². The van der Waals surface area contributed by atoms with Gasteiger partial charge in [0.2, 0.25) is 11.6 Å². The molecule has 0 radical (unpaired) electrons. The van der Waals surface area contributed by atoms with E-state index in [0.29, 0.717) is 16.7 Å². The van der Waals surface area contributed by atoms with Crippen LogP contribution in [0, 0.1) is 0 Å². The van der Waals surface area contributed by atoms with E-state index in [9.17, 15) is 13.2 Å². The van der Waals surface area contributed by atoms with Crippen LogP contribution in [0.4, 0.5) is 13.2 Å². The molecule has 0 fully saturated rings. The molecule has 5 aromatic rings. The molecule has 0 aliphatic carbocycles. The summed E-state index contributed by atoms with van der Waals surface area (Å²) in [7, 11) is 0. The largest absolute Gasteiger partial charge is 0.464 e. The highest BCUT2D eigenvalue weighted by Crippen LogP contribution is 2.41. The average Bonchev–Trinajstić information content (AvgIpc) is 3.45. The fourth-order valence-corrected chi connectivity index (χ4v) is 3.09. The molecular formula is C21H11F3N2O3. The number of halogens is 3. The summed E-state index contributed by atoms with van der Waals surface area (Å²) in [5, 5.41) is 4.71. The molecule has 0 aliphatic heterocycles. The number of aromatic nitrogens is 2. The molecule has 29 heavy (non-hydrogen) atoms. The van der Waals surface area contributed by atoms with Crippen molar-refractivity contribution < 1.29 is 26.5 Å². The van der Waals surface area contributed by atoms with Gasteiger partial charge in [0.15, 0.2) is 5.76 Å². The van der Waals surface area contributed by atoms with Gasteiger partial charge in [-0.2, -0.15) is 18.2 Å². The Morgan fingerprint density at radius 1 is 0.862 bits per heavy atom. The molecule has 0 bridgehead atoms. The summed E-state index contributed by atoms with van der Waals surface area (Å²) in [5.41, 5.74) is 1.62. The summed E-state index contributed by atoms with van der Waals surface area (Å²) in [5.74, 6) is -1.17. The molecule has 0 unspecified atom stereocenters. The maximum atomic E-state index is 13.5. The molecule has 5 rings (SSSR count). The fraction of sp³-hybridized carbons (Fsp3) is 0.0476. The van der Waals surface area contributed by atoms with Crippen LogP contribution in [-0.2, 0) is 6.18 Å². The molecule has 3 aromatic heterocycles. The number of rotatable bonds is 3. The SMILES string of the molecule is FC(F)(F)c1oc(-c2nc(-c3ccc4occc4c3)no2)cc1-c1ccccc1. The Morgan fingerprint density at radius 2 is 1.69 bits per heavy atom. The first kappa shape index (κ1) is 17.3. The number of nitrogens with zero attached hydrogens (tertiary/aromatic N) is 2. The predicted octanol–water partition coefficient (Wildman–Crippen LogP) is 6.43. The lowest BCUT2D eigenvalue weighted by Gasteiger charge is -2.05. The summed E-state index contributed by atoms with van der Waals surface area (Å²) >= 11 is 0. The smallest absolute Gasteiger partial charge is 0.450 e. The van der Waals surface area contributed by atoms with Crippen molar-refractivity contribution in [1.82, 2.24) is 10.1 Å². The Labute approximate surface area is 161 Å². The zero-order chi connectivity index (χ0) is 20.0. The van der Waals surface area contributed by atoms with Gasteiger partial charge in [0.05, 0.1) is 6.26 Å². The molecule has 0 N–H and O–H groups in total. The number of benzene rings is 2. The van der Waals surface area contributed by atoms with Crippen molar-refractivity contribution in [3.05, 3.63) is 72.7 Å². The van der Waals surface area contributed by atoms with Crippen molar-refractivity contribution in [2.24, 2.45) is 0 Å². The van der Waals surface area contributed by atoms with E-state index in [1.807, 2.05) is 0 Å². The lowest BCUT2D eigenvalue weighted by molar-refractivity contribution is -0.152. The molecule has 3 heterocycles. The van der Waals surface area contributed by atoms with Crippen LogP contribution in [-0.4, -0.2) is 10.1 Å². The van der Waals surface area contributed by atoms with Gasteiger partial charge in [0.1, 0.15) is 5.58 Å². The third-order valence-corrected chi connectivity index (χ3v) is 4.42. The fourth-order valence-electron chi connectivity index (χ4n) is 3.09. The van der Waals surface area contributed by atoms with E-state index >= 15 is 0 Å². The van der Waals surface area contributed by atoms with Gasteiger partial charge < -0.3 is 13.4 Å². The van der Waals surface area contributed by atoms with Crippen molar-refractivity contribution in [2.45, 2.75) is 6.18 Å². The molecule has 0 amide bonds. The Balaban J connectivity index is 1.57. The summed E-state index contributed by atoms with van der Waals surface area (Å²) < 4.78 is 56.0. The molecule has 0 aliphatic rings. The molecule has 0 spiro atoms. The van der Waals surface area contributed by atoms with Crippen molar-refractivity contribution in [1.29, 1.82) is 0 Å². The minimum atomic E-state index is -4.67. The maximum Gasteiger partial charge on any atom is 0.450 e. The second-order valence-corrected chi connectivity index (χ2v) is 6.31. The zero-order valence-corrected chi connectivity index (χ0v) is 14.6. The van der Waals surface area contributed by atoms with Crippen molar-refractivity contribution in [3.8, 4) is 34.2 Å². The topological polar surface area (TPSA) is 65.2 Å². The number of hydrogen-bond donors (Lipinski definition) is 0. The van der Waals surface area contributed by atoms with E-state index in [2.05, 4.69) is 10.1 Å². The standard InChI is InChI=1S/C21H11F3N2O3/c22-21(23,24)18-15(12-4-2-1-3-5-12)11-17(28-18)20-25-19(26-29-20)14-6-7-16-13(10-14)8-9-27-16/h1-11H. The van der Waals surface area contributed by atoms with Gasteiger partial charge in [-0.15, -0.1) is 0 Å². The van der Waals surface area contributed by atoms with Crippen LogP contribution in [0.2, 0.25) is 0 Å².